The van der Waals surface area contributed by atoms with Gasteiger partial charge in [-0.15, -0.1) is 0 Å². The second-order valence-corrected chi connectivity index (χ2v) is 6.23. The molecule has 8 heteroatoms. The number of ether oxygens (including phenoxy) is 1. The van der Waals surface area contributed by atoms with Crippen molar-refractivity contribution in [1.82, 2.24) is 4.72 Å². The average Bonchev–Trinajstić information content (AvgIpc) is 2.52. The number of hydrogen-bond acceptors (Lipinski definition) is 5. The van der Waals surface area contributed by atoms with Crippen molar-refractivity contribution in [2.75, 3.05) is 7.11 Å². The van der Waals surface area contributed by atoms with E-state index in [-0.39, 0.29) is 4.90 Å². The van der Waals surface area contributed by atoms with Crippen molar-refractivity contribution in [2.24, 2.45) is 10.7 Å². The third-order valence-electron chi connectivity index (χ3n) is 2.87. The van der Waals surface area contributed by atoms with Gasteiger partial charge in [0.05, 0.1) is 17.7 Å². The highest BCUT2D eigenvalue weighted by Gasteiger charge is 2.13. The number of sulfonamides is 1. The van der Waals surface area contributed by atoms with E-state index in [2.05, 4.69) is 4.99 Å². The number of rotatable bonds is 5. The molecule has 23 heavy (non-hydrogen) atoms. The molecular weight excluding hydrogens is 316 g/mol. The lowest BCUT2D eigenvalue weighted by Gasteiger charge is -2.05. The summed E-state index contributed by atoms with van der Waals surface area (Å²) in [6.45, 7) is 0. The number of benzene rings is 2. The van der Waals surface area contributed by atoms with Gasteiger partial charge in [0.25, 0.3) is 10.0 Å². The third kappa shape index (κ3) is 4.55. The fourth-order valence-electron chi connectivity index (χ4n) is 1.75. The molecule has 0 aromatic heterocycles. The van der Waals surface area contributed by atoms with Gasteiger partial charge in [-0.3, -0.25) is 10.4 Å². The molecule has 4 N–H and O–H groups in total. The summed E-state index contributed by atoms with van der Waals surface area (Å²) in [5.74, 6) is 0.126. The Bertz CT molecular complexity index is 813. The summed E-state index contributed by atoms with van der Waals surface area (Å²) in [6, 6.07) is 13.3. The zero-order valence-electron chi connectivity index (χ0n) is 12.4. The van der Waals surface area contributed by atoms with Crippen LogP contribution in [0.1, 0.15) is 5.56 Å². The molecule has 0 saturated carbocycles. The first-order valence-electron chi connectivity index (χ1n) is 6.56. The molecule has 0 fully saturated rings. The first kappa shape index (κ1) is 16.5. The van der Waals surface area contributed by atoms with Crippen molar-refractivity contribution in [3.8, 4) is 5.75 Å². The summed E-state index contributed by atoms with van der Waals surface area (Å²) in [6.07, 6.45) is 1.66. The Morgan fingerprint density at radius 1 is 1.17 bits per heavy atom. The fourth-order valence-corrected chi connectivity index (χ4v) is 2.66. The van der Waals surface area contributed by atoms with Gasteiger partial charge in [0.15, 0.2) is 5.96 Å². The van der Waals surface area contributed by atoms with Gasteiger partial charge in [0, 0.05) is 6.21 Å². The van der Waals surface area contributed by atoms with Gasteiger partial charge >= 0.3 is 0 Å². The predicted molar refractivity (Wildman–Crippen MR) is 88.9 cm³/mol. The summed E-state index contributed by atoms with van der Waals surface area (Å²) < 4.78 is 30.6. The number of hydrogen-bond donors (Lipinski definition) is 3. The summed E-state index contributed by atoms with van der Waals surface area (Å²) in [4.78, 5) is 4.28. The monoisotopic (exact) mass is 332 g/mol. The molecule has 2 aromatic rings. The molecule has 0 amide bonds. The Kier molecular flexibility index (Phi) is 4.97. The van der Waals surface area contributed by atoms with E-state index in [1.165, 1.54) is 12.1 Å². The number of nitrogens with zero attached hydrogens (tertiary/aromatic N) is 1. The van der Waals surface area contributed by atoms with Crippen molar-refractivity contribution in [3.63, 3.8) is 0 Å². The standard InChI is InChI=1S/C15H16N4O3S/c1-22-13-6-2-11(3-7-13)10-18-12-4-8-14(9-5-12)23(20,21)19-15(16)17/h2-10H,1H3,(H4,16,17,19). The van der Waals surface area contributed by atoms with Crippen LogP contribution in [0.5, 0.6) is 5.75 Å². The molecule has 0 aliphatic carbocycles. The second kappa shape index (κ2) is 6.93. The van der Waals surface area contributed by atoms with Gasteiger partial charge in [-0.05, 0) is 54.1 Å². The molecular formula is C15H16N4O3S. The molecule has 2 rings (SSSR count). The topological polar surface area (TPSA) is 118 Å². The molecule has 7 nitrogen and oxygen atoms in total. The Labute approximate surface area is 134 Å². The van der Waals surface area contributed by atoms with E-state index in [9.17, 15) is 8.42 Å². The van der Waals surface area contributed by atoms with Crippen LogP contribution in [0.3, 0.4) is 0 Å². The van der Waals surface area contributed by atoms with E-state index >= 15 is 0 Å². The van der Waals surface area contributed by atoms with Gasteiger partial charge in [-0.1, -0.05) is 0 Å². The number of nitrogens with two attached hydrogens (primary N) is 1. The molecule has 0 heterocycles. The summed E-state index contributed by atoms with van der Waals surface area (Å²) >= 11 is 0. The van der Waals surface area contributed by atoms with Crippen LogP contribution < -0.4 is 15.2 Å². The number of guanidine groups is 1. The first-order chi connectivity index (χ1) is 10.9. The van der Waals surface area contributed by atoms with Crippen molar-refractivity contribution < 1.29 is 13.2 Å². The average molecular weight is 332 g/mol. The minimum atomic E-state index is -3.82. The van der Waals surface area contributed by atoms with Crippen LogP contribution in [0.15, 0.2) is 58.4 Å². The van der Waals surface area contributed by atoms with Crippen molar-refractivity contribution in [1.29, 1.82) is 5.41 Å². The smallest absolute Gasteiger partial charge is 0.264 e. The number of aliphatic imine (C=N–C) groups is 1. The first-order valence-corrected chi connectivity index (χ1v) is 8.04. The maximum absolute atomic E-state index is 11.8. The minimum absolute atomic E-state index is 0.0103. The van der Waals surface area contributed by atoms with Crippen molar-refractivity contribution in [2.45, 2.75) is 4.90 Å². The molecule has 0 aliphatic heterocycles. The van der Waals surface area contributed by atoms with Gasteiger partial charge in [-0.2, -0.15) is 0 Å². The molecule has 2 aromatic carbocycles. The van der Waals surface area contributed by atoms with Crippen molar-refractivity contribution in [3.05, 3.63) is 54.1 Å². The predicted octanol–water partition coefficient (Wildman–Crippen LogP) is 1.62. The molecule has 0 atom stereocenters. The van der Waals surface area contributed by atoms with E-state index < -0.39 is 16.0 Å². The fraction of sp³-hybridized carbons (Fsp3) is 0.0667. The molecule has 120 valence electrons. The highest BCUT2D eigenvalue weighted by atomic mass is 32.2. The van der Waals surface area contributed by atoms with E-state index in [4.69, 9.17) is 15.9 Å². The third-order valence-corrected chi connectivity index (χ3v) is 4.25. The number of methoxy groups -OCH3 is 1. The Morgan fingerprint density at radius 2 is 1.78 bits per heavy atom. The largest absolute Gasteiger partial charge is 0.497 e. The van der Waals surface area contributed by atoms with Crippen LogP contribution in [0.25, 0.3) is 0 Å². The number of nitrogens with one attached hydrogen (secondary N) is 2. The molecule has 0 saturated heterocycles. The summed E-state index contributed by atoms with van der Waals surface area (Å²) in [7, 11) is -2.22. The lowest BCUT2D eigenvalue weighted by Crippen LogP contribution is -2.35. The van der Waals surface area contributed by atoms with E-state index in [0.717, 1.165) is 11.3 Å². The molecule has 0 radical (unpaired) electrons. The molecule has 0 bridgehead atoms. The van der Waals surface area contributed by atoms with Gasteiger partial charge in [0.2, 0.25) is 0 Å². The van der Waals surface area contributed by atoms with Crippen LogP contribution in [0, 0.1) is 5.41 Å². The van der Waals surface area contributed by atoms with Crippen LogP contribution in [0.2, 0.25) is 0 Å². The molecule has 0 unspecified atom stereocenters. The van der Waals surface area contributed by atoms with Crippen LogP contribution in [-0.4, -0.2) is 27.7 Å². The lowest BCUT2D eigenvalue weighted by molar-refractivity contribution is 0.415. The summed E-state index contributed by atoms with van der Waals surface area (Å²) in [5, 5.41) is 6.99. The second-order valence-electron chi connectivity index (χ2n) is 4.54. The quantitative estimate of drug-likeness (QED) is 0.569. The molecule has 0 aliphatic rings. The SMILES string of the molecule is COc1ccc(C=Nc2ccc(S(=O)(=O)NC(=N)N)cc2)cc1. The van der Waals surface area contributed by atoms with Gasteiger partial charge in [-0.25, -0.2) is 13.1 Å². The molecule has 0 spiro atoms. The zero-order chi connectivity index (χ0) is 16.9. The normalized spacial score (nSPS) is 11.3. The van der Waals surface area contributed by atoms with E-state index in [0.29, 0.717) is 5.69 Å². The lowest BCUT2D eigenvalue weighted by atomic mass is 10.2. The highest BCUT2D eigenvalue weighted by Crippen LogP contribution is 2.17. The maximum Gasteiger partial charge on any atom is 0.264 e. The Balaban J connectivity index is 2.13. The highest BCUT2D eigenvalue weighted by molar-refractivity contribution is 7.90. The van der Waals surface area contributed by atoms with E-state index in [1.54, 1.807) is 25.5 Å². The van der Waals surface area contributed by atoms with Crippen LogP contribution in [0.4, 0.5) is 5.69 Å². The summed E-state index contributed by atoms with van der Waals surface area (Å²) in [5.41, 5.74) is 6.53. The van der Waals surface area contributed by atoms with Gasteiger partial charge in [0.1, 0.15) is 5.75 Å². The van der Waals surface area contributed by atoms with Crippen LogP contribution >= 0.6 is 0 Å². The zero-order valence-corrected chi connectivity index (χ0v) is 13.2. The van der Waals surface area contributed by atoms with E-state index in [1.807, 2.05) is 29.0 Å². The minimum Gasteiger partial charge on any atom is -0.497 e. The Morgan fingerprint density at radius 3 is 2.30 bits per heavy atom. The Hall–Kier alpha value is -2.87. The van der Waals surface area contributed by atoms with Crippen LogP contribution in [-0.2, 0) is 10.0 Å². The van der Waals surface area contributed by atoms with Crippen molar-refractivity contribution >= 4 is 27.9 Å². The van der Waals surface area contributed by atoms with Gasteiger partial charge < -0.3 is 10.5 Å². The maximum atomic E-state index is 11.8.